The number of H-pyrrole nitrogens is 1. The molecule has 38 heavy (non-hydrogen) atoms. The van der Waals surface area contributed by atoms with Gasteiger partial charge in [0.25, 0.3) is 11.5 Å². The highest BCUT2D eigenvalue weighted by molar-refractivity contribution is 5.97. The van der Waals surface area contributed by atoms with E-state index in [-0.39, 0.29) is 73.0 Å². The van der Waals surface area contributed by atoms with Crippen LogP contribution in [0, 0.1) is 0 Å². The van der Waals surface area contributed by atoms with E-state index in [4.69, 9.17) is 17.2 Å². The molecule has 0 aliphatic heterocycles. The third-order valence-corrected chi connectivity index (χ3v) is 5.44. The third-order valence-electron chi connectivity index (χ3n) is 5.44. The molecule has 0 bridgehead atoms. The lowest BCUT2D eigenvalue weighted by molar-refractivity contribution is -0.173. The molecule has 2 aromatic rings. The number of amides is 2. The summed E-state index contributed by atoms with van der Waals surface area (Å²) in [5, 5.41) is 11.4. The predicted molar refractivity (Wildman–Crippen MR) is 131 cm³/mol. The Morgan fingerprint density at radius 3 is 2.18 bits per heavy atom. The van der Waals surface area contributed by atoms with Gasteiger partial charge in [-0.05, 0) is 43.4 Å². The van der Waals surface area contributed by atoms with Crippen LogP contribution in [-0.4, -0.2) is 50.9 Å². The Morgan fingerprint density at radius 2 is 1.68 bits per heavy atom. The van der Waals surface area contributed by atoms with Gasteiger partial charge in [0.2, 0.25) is 17.6 Å². The normalized spacial score (nSPS) is 12.6. The Balaban J connectivity index is 0.00000722. The van der Waals surface area contributed by atoms with Crippen molar-refractivity contribution in [3.63, 3.8) is 0 Å². The number of aliphatic carboxylic acids is 1. The molecule has 0 saturated carbocycles. The van der Waals surface area contributed by atoms with Crippen LogP contribution in [0.1, 0.15) is 53.1 Å². The van der Waals surface area contributed by atoms with E-state index >= 15 is 0 Å². The maximum Gasteiger partial charge on any atom is 0.450 e. The molecule has 2 atom stereocenters. The van der Waals surface area contributed by atoms with Gasteiger partial charge in [0.05, 0.1) is 11.5 Å². The third kappa shape index (κ3) is 8.76. The zero-order chi connectivity index (χ0) is 27.9. The van der Waals surface area contributed by atoms with Crippen molar-refractivity contribution in [2.24, 2.45) is 5.73 Å². The molecule has 0 spiro atoms. The van der Waals surface area contributed by atoms with Crippen LogP contribution < -0.4 is 28.1 Å². The topological polar surface area (TPSA) is 224 Å². The number of carboxylic acids is 1. The van der Waals surface area contributed by atoms with E-state index in [9.17, 15) is 42.3 Å². The minimum Gasteiger partial charge on any atom is -0.480 e. The quantitative estimate of drug-likeness (QED) is 0.217. The van der Waals surface area contributed by atoms with Gasteiger partial charge in [0.15, 0.2) is 0 Å². The lowest BCUT2D eigenvalue weighted by Crippen LogP contribution is -2.41. The Hall–Kier alpha value is -4.14. The van der Waals surface area contributed by atoms with E-state index < -0.39 is 47.3 Å². The maximum atomic E-state index is 13.3. The molecule has 1 aromatic heterocycles. The molecule has 12 nitrogen and oxygen atoms in total. The number of benzene rings is 1. The van der Waals surface area contributed by atoms with Crippen LogP contribution in [0.2, 0.25) is 0 Å². The lowest BCUT2D eigenvalue weighted by atomic mass is 9.88. The van der Waals surface area contributed by atoms with E-state index in [0.717, 1.165) is 24.3 Å². The number of primary amides is 1. The van der Waals surface area contributed by atoms with Gasteiger partial charge in [-0.2, -0.15) is 18.2 Å². The van der Waals surface area contributed by atoms with E-state index in [2.05, 4.69) is 15.3 Å². The van der Waals surface area contributed by atoms with Crippen LogP contribution in [0.3, 0.4) is 0 Å². The largest absolute Gasteiger partial charge is 0.480 e. The number of carbonyl (C=O) groups is 4. The number of aromatic nitrogens is 2. The predicted octanol–water partition coefficient (Wildman–Crippen LogP) is 1.04. The zero-order valence-electron chi connectivity index (χ0n) is 19.7. The first kappa shape index (κ1) is 31.9. The fraction of sp³-hybridized carbons (Fsp3) is 0.364. The van der Waals surface area contributed by atoms with Crippen molar-refractivity contribution in [2.75, 3.05) is 11.5 Å². The van der Waals surface area contributed by atoms with Crippen molar-refractivity contribution in [1.82, 2.24) is 15.3 Å². The van der Waals surface area contributed by atoms with Crippen LogP contribution in [0.5, 0.6) is 0 Å². The average molecular weight is 563 g/mol. The number of alkyl halides is 3. The molecule has 9 N–H and O–H groups in total. The van der Waals surface area contributed by atoms with Gasteiger partial charge in [0, 0.05) is 12.0 Å². The number of ketones is 1. The monoisotopic (exact) mass is 562 g/mol. The number of nitrogens with one attached hydrogen (secondary N) is 2. The zero-order valence-corrected chi connectivity index (χ0v) is 20.5. The van der Waals surface area contributed by atoms with Crippen molar-refractivity contribution >= 4 is 47.7 Å². The summed E-state index contributed by atoms with van der Waals surface area (Å²) in [5.41, 5.74) is 15.3. The molecule has 16 heteroatoms. The number of nitrogens with zero attached hydrogens (tertiary/aromatic N) is 1. The number of Topliss-reactive ketones (excluding diaryl/α,β-unsaturated/α-hetero) is 1. The van der Waals surface area contributed by atoms with Crippen LogP contribution in [-0.2, 0) is 20.8 Å². The summed E-state index contributed by atoms with van der Waals surface area (Å²) in [4.78, 5) is 64.6. The molecule has 0 radical (unpaired) electrons. The van der Waals surface area contributed by atoms with E-state index in [1.807, 2.05) is 0 Å². The number of rotatable bonds is 12. The van der Waals surface area contributed by atoms with Crippen LogP contribution in [0.15, 0.2) is 29.1 Å². The highest BCUT2D eigenvalue weighted by Crippen LogP contribution is 2.32. The molecule has 0 aliphatic carbocycles. The van der Waals surface area contributed by atoms with E-state index in [0.29, 0.717) is 0 Å². The molecule has 0 fully saturated rings. The van der Waals surface area contributed by atoms with Gasteiger partial charge >= 0.3 is 12.1 Å². The SMILES string of the molecule is Cl.NC(=O)CC[C@H](NC(=O)c1ccc(C(CCCc2c(N)nc(N)[nH]c2=O)C(=O)C(F)(F)F)cc1)C(=O)O. The summed E-state index contributed by atoms with van der Waals surface area (Å²) in [6, 6.07) is 3.16. The molecular weight excluding hydrogens is 537 g/mol. The second kappa shape index (κ2) is 13.4. The Labute approximate surface area is 219 Å². The summed E-state index contributed by atoms with van der Waals surface area (Å²) < 4.78 is 39.8. The molecule has 1 heterocycles. The summed E-state index contributed by atoms with van der Waals surface area (Å²) >= 11 is 0. The molecule has 1 unspecified atom stereocenters. The molecule has 1 aromatic carbocycles. The van der Waals surface area contributed by atoms with E-state index in [1.165, 1.54) is 0 Å². The second-order valence-electron chi connectivity index (χ2n) is 8.11. The fourth-order valence-corrected chi connectivity index (χ4v) is 3.56. The number of carbonyl (C=O) groups excluding carboxylic acids is 3. The van der Waals surface area contributed by atoms with Crippen molar-refractivity contribution in [3.05, 3.63) is 51.3 Å². The number of nitrogen functional groups attached to an aromatic ring is 2. The first-order chi connectivity index (χ1) is 17.2. The molecule has 2 amide bonds. The van der Waals surface area contributed by atoms with Crippen LogP contribution >= 0.6 is 12.4 Å². The first-order valence-electron chi connectivity index (χ1n) is 10.9. The minimum atomic E-state index is -5.14. The number of aromatic amines is 1. The van der Waals surface area contributed by atoms with Gasteiger partial charge in [-0.15, -0.1) is 12.4 Å². The standard InChI is InChI=1S/C22H25F3N6O6.ClH/c23-22(24,25)16(33)12(2-1-3-13-17(27)30-21(28)31-19(13)35)10-4-6-11(7-5-10)18(34)29-14(20(36)37)8-9-15(26)32;/h4-7,12,14H,1-3,8-9H2,(H2,26,32)(H,29,34)(H,36,37)(H5,27,28,30,31,35);1H/t12?,14-;/m0./s1. The highest BCUT2D eigenvalue weighted by Gasteiger charge is 2.43. The van der Waals surface area contributed by atoms with Gasteiger partial charge in [-0.3, -0.25) is 24.2 Å². The van der Waals surface area contributed by atoms with Crippen molar-refractivity contribution in [3.8, 4) is 0 Å². The molecule has 208 valence electrons. The fourth-order valence-electron chi connectivity index (χ4n) is 3.56. The van der Waals surface area contributed by atoms with Crippen LogP contribution in [0.4, 0.5) is 24.9 Å². The van der Waals surface area contributed by atoms with Crippen molar-refractivity contribution in [1.29, 1.82) is 0 Å². The number of nitrogens with two attached hydrogens (primary N) is 3. The maximum absolute atomic E-state index is 13.3. The highest BCUT2D eigenvalue weighted by atomic mass is 35.5. The number of anilines is 2. The Bertz CT molecular complexity index is 1240. The molecule has 0 saturated heterocycles. The first-order valence-corrected chi connectivity index (χ1v) is 10.9. The van der Waals surface area contributed by atoms with Crippen LogP contribution in [0.25, 0.3) is 0 Å². The van der Waals surface area contributed by atoms with Crippen molar-refractivity contribution in [2.45, 2.75) is 50.2 Å². The number of carboxylic acid groups (broad SMARTS) is 1. The smallest absolute Gasteiger partial charge is 0.450 e. The summed E-state index contributed by atoms with van der Waals surface area (Å²) in [5.74, 6) is -7.06. The summed E-state index contributed by atoms with van der Waals surface area (Å²) in [6.07, 6.45) is -6.10. The number of halogens is 4. The van der Waals surface area contributed by atoms with E-state index in [1.54, 1.807) is 0 Å². The Morgan fingerprint density at radius 1 is 1.08 bits per heavy atom. The average Bonchev–Trinajstić information content (AvgIpc) is 2.79. The summed E-state index contributed by atoms with van der Waals surface area (Å²) in [7, 11) is 0. The molecule has 0 aliphatic rings. The molecular formula is C22H26ClF3N6O6. The lowest BCUT2D eigenvalue weighted by Gasteiger charge is -2.19. The Kier molecular flexibility index (Phi) is 11.3. The van der Waals surface area contributed by atoms with Gasteiger partial charge < -0.3 is 27.6 Å². The van der Waals surface area contributed by atoms with Crippen molar-refractivity contribution < 1.29 is 37.5 Å². The number of hydrogen-bond acceptors (Lipinski definition) is 8. The van der Waals surface area contributed by atoms with Gasteiger partial charge in [0.1, 0.15) is 11.9 Å². The number of hydrogen-bond donors (Lipinski definition) is 6. The van der Waals surface area contributed by atoms with Gasteiger partial charge in [-0.25, -0.2) is 4.79 Å². The second-order valence-corrected chi connectivity index (χ2v) is 8.11. The molecule has 2 rings (SSSR count). The summed E-state index contributed by atoms with van der Waals surface area (Å²) in [6.45, 7) is 0. The minimum absolute atomic E-state index is 0. The van der Waals surface area contributed by atoms with Gasteiger partial charge in [-0.1, -0.05) is 12.1 Å².